The molecule has 0 unspecified atom stereocenters. The van der Waals surface area contributed by atoms with Gasteiger partial charge >= 0.3 is 5.97 Å². The molecular formula is C11H8BrNO2S2. The molecule has 0 atom stereocenters. The number of rotatable bonds is 3. The Hall–Kier alpha value is -0.850. The van der Waals surface area contributed by atoms with Crippen molar-refractivity contribution in [3.63, 3.8) is 0 Å². The minimum atomic E-state index is -0.887. The van der Waals surface area contributed by atoms with Gasteiger partial charge in [-0.2, -0.15) is 0 Å². The molecule has 0 radical (unpaired) electrons. The van der Waals surface area contributed by atoms with E-state index in [9.17, 15) is 4.79 Å². The highest BCUT2D eigenvalue weighted by Gasteiger charge is 2.08. The van der Waals surface area contributed by atoms with Crippen molar-refractivity contribution in [2.24, 2.45) is 0 Å². The van der Waals surface area contributed by atoms with Crippen LogP contribution in [-0.4, -0.2) is 16.1 Å². The molecule has 0 aromatic carbocycles. The van der Waals surface area contributed by atoms with E-state index in [1.54, 1.807) is 12.3 Å². The van der Waals surface area contributed by atoms with Crippen molar-refractivity contribution in [1.29, 1.82) is 0 Å². The van der Waals surface area contributed by atoms with Gasteiger partial charge in [-0.3, -0.25) is 0 Å². The van der Waals surface area contributed by atoms with Gasteiger partial charge in [-0.05, 0) is 40.5 Å². The Kier molecular flexibility index (Phi) is 3.86. The molecule has 2 rings (SSSR count). The van der Waals surface area contributed by atoms with E-state index in [1.165, 1.54) is 23.1 Å². The number of nitrogens with zero attached hydrogens (tertiary/aromatic N) is 1. The van der Waals surface area contributed by atoms with E-state index in [0.717, 1.165) is 20.0 Å². The van der Waals surface area contributed by atoms with Crippen LogP contribution >= 0.6 is 39.0 Å². The molecular weight excluding hydrogens is 322 g/mol. The third kappa shape index (κ3) is 3.08. The second-order valence-corrected chi connectivity index (χ2v) is 6.18. The summed E-state index contributed by atoms with van der Waals surface area (Å²) in [7, 11) is 0. The normalized spacial score (nSPS) is 10.5. The Bertz CT molecular complexity index is 568. The maximum absolute atomic E-state index is 10.7. The molecule has 2 aromatic rings. The molecule has 0 amide bonds. The molecule has 17 heavy (non-hydrogen) atoms. The zero-order valence-electron chi connectivity index (χ0n) is 8.81. The lowest BCUT2D eigenvalue weighted by molar-refractivity contribution is 0.0702. The number of thiophene rings is 1. The molecule has 0 aliphatic carbocycles. The third-order valence-corrected chi connectivity index (χ3v) is 4.83. The lowest BCUT2D eigenvalue weighted by Gasteiger charge is -2.01. The average Bonchev–Trinajstić information content (AvgIpc) is 2.72. The molecule has 0 aliphatic rings. The number of hydrogen-bond donors (Lipinski definition) is 1. The van der Waals surface area contributed by atoms with Gasteiger partial charge in [-0.1, -0.05) is 11.8 Å². The van der Waals surface area contributed by atoms with Crippen LogP contribution in [0.15, 0.2) is 38.1 Å². The third-order valence-electron chi connectivity index (χ3n) is 2.03. The van der Waals surface area contributed by atoms with Gasteiger partial charge in [0.25, 0.3) is 0 Å². The summed E-state index contributed by atoms with van der Waals surface area (Å²) >= 11 is 6.08. The quantitative estimate of drug-likeness (QED) is 0.922. The SMILES string of the molecule is Cc1cc(Sc2csc(C(=O)O)c2)ncc1Br. The van der Waals surface area contributed by atoms with Crippen LogP contribution in [0.4, 0.5) is 0 Å². The molecule has 0 saturated carbocycles. The standard InChI is InChI=1S/C11H8BrNO2S2/c1-6-2-10(13-4-8(6)12)17-7-3-9(11(14)15)16-5-7/h2-5H,1H3,(H,14,15). The smallest absolute Gasteiger partial charge is 0.345 e. The number of carboxylic acid groups (broad SMARTS) is 1. The summed E-state index contributed by atoms with van der Waals surface area (Å²) in [5.41, 5.74) is 1.11. The molecule has 1 N–H and O–H groups in total. The molecule has 0 spiro atoms. The van der Waals surface area contributed by atoms with E-state index in [-0.39, 0.29) is 0 Å². The van der Waals surface area contributed by atoms with E-state index >= 15 is 0 Å². The molecule has 0 saturated heterocycles. The van der Waals surface area contributed by atoms with Gasteiger partial charge in [-0.25, -0.2) is 9.78 Å². The van der Waals surface area contributed by atoms with Crippen molar-refractivity contribution in [2.45, 2.75) is 16.8 Å². The minimum absolute atomic E-state index is 0.348. The van der Waals surface area contributed by atoms with Crippen molar-refractivity contribution >= 4 is 45.0 Å². The first-order valence-corrected chi connectivity index (χ1v) is 7.17. The van der Waals surface area contributed by atoms with Gasteiger partial charge in [0.1, 0.15) is 9.90 Å². The van der Waals surface area contributed by atoms with Crippen LogP contribution in [0, 0.1) is 6.92 Å². The summed E-state index contributed by atoms with van der Waals surface area (Å²) in [6.45, 7) is 1.99. The van der Waals surface area contributed by atoms with Gasteiger partial charge < -0.3 is 5.11 Å². The largest absolute Gasteiger partial charge is 0.477 e. The van der Waals surface area contributed by atoms with Gasteiger partial charge in [0.05, 0.1) is 0 Å². The highest BCUT2D eigenvalue weighted by Crippen LogP contribution is 2.31. The van der Waals surface area contributed by atoms with Crippen molar-refractivity contribution < 1.29 is 9.90 Å². The molecule has 88 valence electrons. The zero-order chi connectivity index (χ0) is 12.4. The Morgan fingerprint density at radius 1 is 1.53 bits per heavy atom. The molecule has 0 bridgehead atoms. The van der Waals surface area contributed by atoms with E-state index in [1.807, 2.05) is 18.4 Å². The summed E-state index contributed by atoms with van der Waals surface area (Å²) in [6, 6.07) is 3.63. The summed E-state index contributed by atoms with van der Waals surface area (Å²) < 4.78 is 0.971. The van der Waals surface area contributed by atoms with E-state index in [0.29, 0.717) is 4.88 Å². The van der Waals surface area contributed by atoms with E-state index < -0.39 is 5.97 Å². The highest BCUT2D eigenvalue weighted by molar-refractivity contribution is 9.10. The molecule has 2 aromatic heterocycles. The van der Waals surface area contributed by atoms with Crippen LogP contribution < -0.4 is 0 Å². The second-order valence-electron chi connectivity index (χ2n) is 3.33. The number of aromatic carboxylic acids is 1. The predicted molar refractivity (Wildman–Crippen MR) is 72.1 cm³/mol. The van der Waals surface area contributed by atoms with Crippen LogP contribution in [0.25, 0.3) is 0 Å². The Morgan fingerprint density at radius 3 is 2.88 bits per heavy atom. The summed E-state index contributed by atoms with van der Waals surface area (Å²) in [6.07, 6.45) is 1.75. The van der Waals surface area contributed by atoms with Crippen molar-refractivity contribution in [2.75, 3.05) is 0 Å². The summed E-state index contributed by atoms with van der Waals surface area (Å²) in [4.78, 5) is 16.3. The molecule has 3 nitrogen and oxygen atoms in total. The Labute approximate surface area is 115 Å². The number of aryl methyl sites for hydroxylation is 1. The van der Waals surface area contributed by atoms with Gasteiger partial charge in [0.2, 0.25) is 0 Å². The van der Waals surface area contributed by atoms with Gasteiger partial charge in [0.15, 0.2) is 0 Å². The lowest BCUT2D eigenvalue weighted by atomic mass is 10.3. The highest BCUT2D eigenvalue weighted by atomic mass is 79.9. The van der Waals surface area contributed by atoms with Crippen LogP contribution in [-0.2, 0) is 0 Å². The molecule has 2 heterocycles. The van der Waals surface area contributed by atoms with Crippen molar-refractivity contribution in [3.8, 4) is 0 Å². The van der Waals surface area contributed by atoms with Gasteiger partial charge in [-0.15, -0.1) is 11.3 Å². The number of carbonyl (C=O) groups is 1. The fourth-order valence-corrected chi connectivity index (χ4v) is 3.17. The molecule has 0 fully saturated rings. The molecule has 0 aliphatic heterocycles. The number of aromatic nitrogens is 1. The van der Waals surface area contributed by atoms with E-state index in [4.69, 9.17) is 5.11 Å². The van der Waals surface area contributed by atoms with Gasteiger partial charge in [0, 0.05) is 20.9 Å². The Morgan fingerprint density at radius 2 is 2.29 bits per heavy atom. The maximum atomic E-state index is 10.7. The second kappa shape index (κ2) is 5.20. The molecule has 6 heteroatoms. The predicted octanol–water partition coefficient (Wildman–Crippen LogP) is 4.06. The van der Waals surface area contributed by atoms with E-state index in [2.05, 4.69) is 20.9 Å². The van der Waals surface area contributed by atoms with Crippen LogP contribution in [0.1, 0.15) is 15.2 Å². The van der Waals surface area contributed by atoms with Crippen LogP contribution in [0.2, 0.25) is 0 Å². The first kappa shape index (κ1) is 12.6. The number of halogens is 1. The average molecular weight is 330 g/mol. The maximum Gasteiger partial charge on any atom is 0.345 e. The van der Waals surface area contributed by atoms with Crippen LogP contribution in [0.5, 0.6) is 0 Å². The van der Waals surface area contributed by atoms with Crippen molar-refractivity contribution in [3.05, 3.63) is 38.6 Å². The number of hydrogen-bond acceptors (Lipinski definition) is 4. The number of pyridine rings is 1. The van der Waals surface area contributed by atoms with Crippen LogP contribution in [0.3, 0.4) is 0 Å². The minimum Gasteiger partial charge on any atom is -0.477 e. The fourth-order valence-electron chi connectivity index (χ4n) is 1.17. The topological polar surface area (TPSA) is 50.2 Å². The van der Waals surface area contributed by atoms with Crippen molar-refractivity contribution in [1.82, 2.24) is 4.98 Å². The lowest BCUT2D eigenvalue weighted by Crippen LogP contribution is -1.89. The first-order valence-electron chi connectivity index (χ1n) is 4.68. The Balaban J connectivity index is 2.19. The first-order chi connectivity index (χ1) is 8.06. The summed E-state index contributed by atoms with van der Waals surface area (Å²) in [5, 5.41) is 11.5. The monoisotopic (exact) mass is 329 g/mol. The fraction of sp³-hybridized carbons (Fsp3) is 0.0909. The summed E-state index contributed by atoms with van der Waals surface area (Å²) in [5.74, 6) is -0.887. The number of carboxylic acids is 1. The zero-order valence-corrected chi connectivity index (χ0v) is 12.0.